The lowest BCUT2D eigenvalue weighted by molar-refractivity contribution is 0.773. The molecule has 2 N–H and O–H groups in total. The van der Waals surface area contributed by atoms with Gasteiger partial charge in [-0.05, 0) is 36.6 Å². The van der Waals surface area contributed by atoms with Crippen molar-refractivity contribution < 1.29 is 0 Å². The molecule has 0 aromatic heterocycles. The molecule has 0 radical (unpaired) electrons. The van der Waals surface area contributed by atoms with Crippen molar-refractivity contribution in [3.05, 3.63) is 33.3 Å². The van der Waals surface area contributed by atoms with Crippen molar-refractivity contribution in [3.63, 3.8) is 0 Å². The summed E-state index contributed by atoms with van der Waals surface area (Å²) in [5.41, 5.74) is 1.20. The first kappa shape index (κ1) is 15.3. The zero-order valence-electron chi connectivity index (χ0n) is 10.8. The van der Waals surface area contributed by atoms with Crippen LogP contribution in [0.3, 0.4) is 0 Å². The lowest BCUT2D eigenvalue weighted by Gasteiger charge is -2.11. The van der Waals surface area contributed by atoms with Crippen LogP contribution in [0.4, 0.5) is 0 Å². The van der Waals surface area contributed by atoms with E-state index in [0.29, 0.717) is 0 Å². The molecule has 0 spiro atoms. The molecule has 0 aliphatic carbocycles. The lowest BCUT2D eigenvalue weighted by Crippen LogP contribution is -2.38. The van der Waals surface area contributed by atoms with Gasteiger partial charge in [-0.2, -0.15) is 0 Å². The van der Waals surface area contributed by atoms with E-state index >= 15 is 0 Å². The van der Waals surface area contributed by atoms with Gasteiger partial charge in [-0.1, -0.05) is 34.5 Å². The number of benzene rings is 1. The van der Waals surface area contributed by atoms with Crippen LogP contribution in [0, 0.1) is 0 Å². The molecule has 0 saturated carbocycles. The Bertz CT molecular complexity index is 407. The van der Waals surface area contributed by atoms with Gasteiger partial charge in [0, 0.05) is 29.6 Å². The van der Waals surface area contributed by atoms with Crippen LogP contribution in [0.15, 0.2) is 27.7 Å². The number of hydrogen-bond donors (Lipinski definition) is 2. The Morgan fingerprint density at radius 2 is 2.06 bits per heavy atom. The summed E-state index contributed by atoms with van der Waals surface area (Å²) in [6.45, 7) is 3.88. The molecule has 1 rings (SSSR count). The normalized spacial score (nSPS) is 11.4. The van der Waals surface area contributed by atoms with E-state index in [-0.39, 0.29) is 0 Å². The van der Waals surface area contributed by atoms with E-state index in [4.69, 9.17) is 11.6 Å². The molecule has 5 heteroatoms. The van der Waals surface area contributed by atoms with Crippen molar-refractivity contribution in [1.82, 2.24) is 10.6 Å². The van der Waals surface area contributed by atoms with Crippen molar-refractivity contribution in [3.8, 4) is 0 Å². The highest BCUT2D eigenvalue weighted by atomic mass is 79.9. The summed E-state index contributed by atoms with van der Waals surface area (Å²) in [4.78, 5) is 4.15. The molecule has 0 fully saturated rings. The van der Waals surface area contributed by atoms with Gasteiger partial charge in [-0.15, -0.1) is 0 Å². The van der Waals surface area contributed by atoms with Gasteiger partial charge in [-0.3, -0.25) is 4.99 Å². The summed E-state index contributed by atoms with van der Waals surface area (Å²) < 4.78 is 1.09. The molecule has 0 aliphatic rings. The number of guanidine groups is 1. The Morgan fingerprint density at radius 3 is 2.72 bits per heavy atom. The van der Waals surface area contributed by atoms with E-state index in [0.717, 1.165) is 41.4 Å². The lowest BCUT2D eigenvalue weighted by atomic mass is 10.1. The third-order valence-electron chi connectivity index (χ3n) is 2.46. The number of rotatable bonds is 5. The summed E-state index contributed by atoms with van der Waals surface area (Å²) in [7, 11) is 1.78. The number of halogens is 2. The van der Waals surface area contributed by atoms with Crippen LogP contribution < -0.4 is 10.6 Å². The summed E-state index contributed by atoms with van der Waals surface area (Å²) in [5, 5.41) is 7.27. The molecule has 1 aromatic carbocycles. The first-order valence-corrected chi connectivity index (χ1v) is 7.23. The Morgan fingerprint density at radius 1 is 1.33 bits per heavy atom. The largest absolute Gasteiger partial charge is 0.356 e. The van der Waals surface area contributed by atoms with Crippen molar-refractivity contribution in [2.75, 3.05) is 20.1 Å². The average molecular weight is 333 g/mol. The van der Waals surface area contributed by atoms with E-state index in [1.807, 2.05) is 18.2 Å². The molecule has 3 nitrogen and oxygen atoms in total. The Hall–Kier alpha value is -0.740. The van der Waals surface area contributed by atoms with Crippen molar-refractivity contribution in [2.24, 2.45) is 4.99 Å². The van der Waals surface area contributed by atoms with Gasteiger partial charge in [0.15, 0.2) is 5.96 Å². The van der Waals surface area contributed by atoms with Gasteiger partial charge in [0.2, 0.25) is 0 Å². The fourth-order valence-corrected chi connectivity index (χ4v) is 2.15. The maximum absolute atomic E-state index is 5.98. The van der Waals surface area contributed by atoms with Crippen LogP contribution >= 0.6 is 27.5 Å². The average Bonchev–Trinajstić information content (AvgIpc) is 2.37. The molecule has 0 amide bonds. The van der Waals surface area contributed by atoms with Crippen LogP contribution in [0.1, 0.15) is 18.9 Å². The first-order chi connectivity index (χ1) is 8.67. The van der Waals surface area contributed by atoms with Gasteiger partial charge in [-0.25, -0.2) is 0 Å². The summed E-state index contributed by atoms with van der Waals surface area (Å²) in [6.07, 6.45) is 1.98. The quantitative estimate of drug-likeness (QED) is 0.641. The minimum Gasteiger partial charge on any atom is -0.356 e. The van der Waals surface area contributed by atoms with Gasteiger partial charge in [0.1, 0.15) is 0 Å². The molecule has 100 valence electrons. The Labute approximate surface area is 122 Å². The minimum atomic E-state index is 0.765. The van der Waals surface area contributed by atoms with Crippen LogP contribution in [-0.2, 0) is 6.42 Å². The van der Waals surface area contributed by atoms with E-state index in [1.165, 1.54) is 5.56 Å². The van der Waals surface area contributed by atoms with Crippen LogP contribution in [0.2, 0.25) is 5.02 Å². The van der Waals surface area contributed by atoms with Crippen LogP contribution in [0.5, 0.6) is 0 Å². The number of nitrogens with one attached hydrogen (secondary N) is 2. The molecule has 18 heavy (non-hydrogen) atoms. The van der Waals surface area contributed by atoms with Crippen molar-refractivity contribution in [2.45, 2.75) is 19.8 Å². The van der Waals surface area contributed by atoms with Gasteiger partial charge in [0.05, 0.1) is 0 Å². The van der Waals surface area contributed by atoms with Gasteiger partial charge in [0.25, 0.3) is 0 Å². The number of hydrogen-bond acceptors (Lipinski definition) is 1. The summed E-state index contributed by atoms with van der Waals surface area (Å²) in [6, 6.07) is 5.83. The third kappa shape index (κ3) is 5.27. The topological polar surface area (TPSA) is 36.4 Å². The van der Waals surface area contributed by atoms with Crippen molar-refractivity contribution in [1.29, 1.82) is 0 Å². The number of aliphatic imine (C=N–C) groups is 1. The standard InChI is InChI=1S/C13H19BrClN3/c1-3-7-17-13(16-2)18-8-6-10-9-11(15)4-5-12(10)14/h4-5,9H,3,6-8H2,1-2H3,(H2,16,17,18). The molecule has 0 atom stereocenters. The highest BCUT2D eigenvalue weighted by molar-refractivity contribution is 9.10. The molecular weight excluding hydrogens is 314 g/mol. The monoisotopic (exact) mass is 331 g/mol. The maximum Gasteiger partial charge on any atom is 0.190 e. The van der Waals surface area contributed by atoms with E-state index in [9.17, 15) is 0 Å². The van der Waals surface area contributed by atoms with E-state index < -0.39 is 0 Å². The second kappa shape index (κ2) is 8.38. The molecule has 1 aromatic rings. The Kier molecular flexibility index (Phi) is 7.13. The number of nitrogens with zero attached hydrogens (tertiary/aromatic N) is 1. The van der Waals surface area contributed by atoms with Gasteiger partial charge >= 0.3 is 0 Å². The molecular formula is C13H19BrClN3. The molecule has 0 unspecified atom stereocenters. The summed E-state index contributed by atoms with van der Waals surface area (Å²) in [5.74, 6) is 0.843. The minimum absolute atomic E-state index is 0.765. The van der Waals surface area contributed by atoms with Gasteiger partial charge < -0.3 is 10.6 Å². The van der Waals surface area contributed by atoms with E-state index in [1.54, 1.807) is 7.05 Å². The third-order valence-corrected chi connectivity index (χ3v) is 3.47. The second-order valence-corrected chi connectivity index (χ2v) is 5.20. The van der Waals surface area contributed by atoms with Crippen LogP contribution in [0.25, 0.3) is 0 Å². The summed E-state index contributed by atoms with van der Waals surface area (Å²) >= 11 is 9.50. The molecule has 0 aliphatic heterocycles. The zero-order valence-corrected chi connectivity index (χ0v) is 13.1. The fraction of sp³-hybridized carbons (Fsp3) is 0.462. The highest BCUT2D eigenvalue weighted by Gasteiger charge is 2.02. The predicted octanol–water partition coefficient (Wildman–Crippen LogP) is 3.22. The molecule has 0 heterocycles. The maximum atomic E-state index is 5.98. The second-order valence-electron chi connectivity index (χ2n) is 3.91. The first-order valence-electron chi connectivity index (χ1n) is 6.05. The van der Waals surface area contributed by atoms with Crippen LogP contribution in [-0.4, -0.2) is 26.1 Å². The fourth-order valence-electron chi connectivity index (χ4n) is 1.51. The Balaban J connectivity index is 2.43. The molecule has 0 saturated heterocycles. The van der Waals surface area contributed by atoms with Crippen molar-refractivity contribution >= 4 is 33.5 Å². The zero-order chi connectivity index (χ0) is 13.4. The smallest absolute Gasteiger partial charge is 0.190 e. The highest BCUT2D eigenvalue weighted by Crippen LogP contribution is 2.21. The predicted molar refractivity (Wildman–Crippen MR) is 82.5 cm³/mol. The van der Waals surface area contributed by atoms with E-state index in [2.05, 4.69) is 38.5 Å². The molecule has 0 bridgehead atoms. The SMILES string of the molecule is CCCNC(=NC)NCCc1cc(Cl)ccc1Br.